The molecular formula is C17H24FNO. The second kappa shape index (κ2) is 6.98. The van der Waals surface area contributed by atoms with Crippen LogP contribution in [0.5, 0.6) is 0 Å². The largest absolute Gasteiger partial charge is 0.303 e. The Morgan fingerprint density at radius 1 is 1.35 bits per heavy atom. The topological polar surface area (TPSA) is 20.3 Å². The molecule has 1 saturated carbocycles. The monoisotopic (exact) mass is 277 g/mol. The molecule has 0 N–H and O–H groups in total. The fourth-order valence-electron chi connectivity index (χ4n) is 3.08. The maximum Gasteiger partial charge on any atom is 0.167 e. The highest BCUT2D eigenvalue weighted by Crippen LogP contribution is 2.26. The first-order valence-corrected chi connectivity index (χ1v) is 7.56. The van der Waals surface area contributed by atoms with Crippen LogP contribution in [0.15, 0.2) is 24.3 Å². The van der Waals surface area contributed by atoms with Crippen molar-refractivity contribution in [3.05, 3.63) is 35.6 Å². The Morgan fingerprint density at radius 3 is 2.80 bits per heavy atom. The van der Waals surface area contributed by atoms with E-state index in [2.05, 4.69) is 18.9 Å². The minimum absolute atomic E-state index is 0.0983. The van der Waals surface area contributed by atoms with Crippen LogP contribution in [0.25, 0.3) is 0 Å². The number of hydrogen-bond acceptors (Lipinski definition) is 2. The minimum Gasteiger partial charge on any atom is -0.303 e. The molecule has 0 spiro atoms. The number of Topliss-reactive ketones (excluding diaryl/α,β-unsaturated/α-hetero) is 1. The fraction of sp³-hybridized carbons (Fsp3) is 0.588. The Bertz CT molecular complexity index is 460. The van der Waals surface area contributed by atoms with Crippen molar-refractivity contribution in [3.8, 4) is 0 Å². The van der Waals surface area contributed by atoms with Gasteiger partial charge in [-0.25, -0.2) is 4.39 Å². The van der Waals surface area contributed by atoms with Gasteiger partial charge in [0.15, 0.2) is 5.78 Å². The Hall–Kier alpha value is -1.22. The zero-order valence-corrected chi connectivity index (χ0v) is 12.4. The normalized spacial score (nSPS) is 23.0. The molecule has 0 heterocycles. The Kier molecular flexibility index (Phi) is 5.30. The van der Waals surface area contributed by atoms with Crippen molar-refractivity contribution in [2.45, 2.75) is 45.1 Å². The first kappa shape index (κ1) is 15.2. The maximum atomic E-state index is 13.5. The third-order valence-corrected chi connectivity index (χ3v) is 4.40. The molecule has 1 fully saturated rings. The van der Waals surface area contributed by atoms with Gasteiger partial charge in [0.1, 0.15) is 5.82 Å². The van der Waals surface area contributed by atoms with E-state index in [4.69, 9.17) is 0 Å². The van der Waals surface area contributed by atoms with Crippen molar-refractivity contribution < 1.29 is 9.18 Å². The molecule has 110 valence electrons. The number of halogens is 1. The number of ketones is 1. The molecule has 0 saturated heterocycles. The molecule has 0 bridgehead atoms. The van der Waals surface area contributed by atoms with E-state index in [1.807, 2.05) is 0 Å². The van der Waals surface area contributed by atoms with Crippen LogP contribution in [0, 0.1) is 11.7 Å². The summed E-state index contributed by atoms with van der Waals surface area (Å²) in [5.41, 5.74) is 0.220. The number of carbonyl (C=O) groups excluding carboxylic acids is 1. The molecule has 0 aliphatic heterocycles. The second-order valence-corrected chi connectivity index (χ2v) is 6.06. The van der Waals surface area contributed by atoms with Crippen LogP contribution < -0.4 is 0 Å². The Balaban J connectivity index is 1.85. The van der Waals surface area contributed by atoms with Gasteiger partial charge in [0, 0.05) is 19.0 Å². The lowest BCUT2D eigenvalue weighted by Gasteiger charge is -2.34. The Labute approximate surface area is 121 Å². The van der Waals surface area contributed by atoms with E-state index in [-0.39, 0.29) is 11.3 Å². The second-order valence-electron chi connectivity index (χ2n) is 6.06. The van der Waals surface area contributed by atoms with Crippen molar-refractivity contribution in [2.75, 3.05) is 13.6 Å². The van der Waals surface area contributed by atoms with Gasteiger partial charge in [0.2, 0.25) is 0 Å². The first-order chi connectivity index (χ1) is 9.58. The van der Waals surface area contributed by atoms with E-state index < -0.39 is 5.82 Å². The predicted molar refractivity (Wildman–Crippen MR) is 79.4 cm³/mol. The van der Waals surface area contributed by atoms with Crippen LogP contribution in [0.2, 0.25) is 0 Å². The third-order valence-electron chi connectivity index (χ3n) is 4.40. The summed E-state index contributed by atoms with van der Waals surface area (Å²) < 4.78 is 13.5. The Morgan fingerprint density at radius 2 is 2.10 bits per heavy atom. The SMILES string of the molecule is CC1CCCC(N(C)CCC(=O)c2ccccc2F)C1. The van der Waals surface area contributed by atoms with Crippen molar-refractivity contribution in [1.29, 1.82) is 0 Å². The molecule has 2 unspecified atom stereocenters. The summed E-state index contributed by atoms with van der Waals surface area (Å²) in [7, 11) is 2.08. The van der Waals surface area contributed by atoms with E-state index in [9.17, 15) is 9.18 Å². The number of nitrogens with zero attached hydrogens (tertiary/aromatic N) is 1. The van der Waals surface area contributed by atoms with Crippen LogP contribution in [-0.4, -0.2) is 30.3 Å². The van der Waals surface area contributed by atoms with Gasteiger partial charge >= 0.3 is 0 Å². The molecule has 0 aromatic heterocycles. The molecule has 2 nitrogen and oxygen atoms in total. The summed E-state index contributed by atoms with van der Waals surface area (Å²) in [6, 6.07) is 6.82. The van der Waals surface area contributed by atoms with E-state index >= 15 is 0 Å². The highest BCUT2D eigenvalue weighted by molar-refractivity contribution is 5.96. The molecule has 1 aliphatic rings. The number of benzene rings is 1. The van der Waals surface area contributed by atoms with Crippen LogP contribution >= 0.6 is 0 Å². The van der Waals surface area contributed by atoms with Crippen molar-refractivity contribution >= 4 is 5.78 Å². The van der Waals surface area contributed by atoms with Gasteiger partial charge in [-0.15, -0.1) is 0 Å². The standard InChI is InChI=1S/C17H24FNO/c1-13-6-5-7-14(12-13)19(2)11-10-17(20)15-8-3-4-9-16(15)18/h3-4,8-9,13-14H,5-7,10-12H2,1-2H3. The van der Waals surface area contributed by atoms with Gasteiger partial charge in [-0.05, 0) is 37.9 Å². The van der Waals surface area contributed by atoms with Crippen LogP contribution in [-0.2, 0) is 0 Å². The molecule has 2 rings (SSSR count). The highest BCUT2D eigenvalue weighted by atomic mass is 19.1. The first-order valence-electron chi connectivity index (χ1n) is 7.56. The summed E-state index contributed by atoms with van der Waals surface area (Å²) >= 11 is 0. The fourth-order valence-corrected chi connectivity index (χ4v) is 3.08. The molecule has 1 aromatic rings. The van der Waals surface area contributed by atoms with E-state index in [0.717, 1.165) is 5.92 Å². The zero-order chi connectivity index (χ0) is 14.5. The average molecular weight is 277 g/mol. The predicted octanol–water partition coefficient (Wildman–Crippen LogP) is 3.91. The lowest BCUT2D eigenvalue weighted by molar-refractivity contribution is 0.0941. The van der Waals surface area contributed by atoms with Crippen LogP contribution in [0.1, 0.15) is 49.4 Å². The number of rotatable bonds is 5. The quantitative estimate of drug-likeness (QED) is 0.761. The summed E-state index contributed by atoms with van der Waals surface area (Å²) in [6.45, 7) is 3.01. The summed E-state index contributed by atoms with van der Waals surface area (Å²) in [6.07, 6.45) is 5.41. The van der Waals surface area contributed by atoms with E-state index in [1.54, 1.807) is 18.2 Å². The molecule has 20 heavy (non-hydrogen) atoms. The lowest BCUT2D eigenvalue weighted by atomic mass is 9.86. The van der Waals surface area contributed by atoms with Gasteiger partial charge < -0.3 is 4.90 Å². The molecule has 3 heteroatoms. The summed E-state index contributed by atoms with van der Waals surface area (Å²) in [4.78, 5) is 14.3. The van der Waals surface area contributed by atoms with Gasteiger partial charge in [-0.1, -0.05) is 31.9 Å². The van der Waals surface area contributed by atoms with Crippen molar-refractivity contribution in [2.24, 2.45) is 5.92 Å². The van der Waals surface area contributed by atoms with Crippen LogP contribution in [0.3, 0.4) is 0 Å². The molecule has 0 amide bonds. The number of hydrogen-bond donors (Lipinski definition) is 0. The minimum atomic E-state index is -0.411. The smallest absolute Gasteiger partial charge is 0.167 e. The molecule has 2 atom stereocenters. The molecule has 1 aliphatic carbocycles. The van der Waals surface area contributed by atoms with Crippen molar-refractivity contribution in [1.82, 2.24) is 4.90 Å². The van der Waals surface area contributed by atoms with Gasteiger partial charge in [0.05, 0.1) is 5.56 Å². The third kappa shape index (κ3) is 3.89. The van der Waals surface area contributed by atoms with Gasteiger partial charge in [-0.2, -0.15) is 0 Å². The van der Waals surface area contributed by atoms with Crippen molar-refractivity contribution in [3.63, 3.8) is 0 Å². The summed E-state index contributed by atoms with van der Waals surface area (Å²) in [5, 5.41) is 0. The summed E-state index contributed by atoms with van der Waals surface area (Å²) in [5.74, 6) is 0.267. The van der Waals surface area contributed by atoms with E-state index in [0.29, 0.717) is 19.0 Å². The van der Waals surface area contributed by atoms with E-state index in [1.165, 1.54) is 31.7 Å². The molecule has 0 radical (unpaired) electrons. The molecule has 1 aromatic carbocycles. The van der Waals surface area contributed by atoms with Crippen LogP contribution in [0.4, 0.5) is 4.39 Å². The highest BCUT2D eigenvalue weighted by Gasteiger charge is 2.22. The average Bonchev–Trinajstić information content (AvgIpc) is 2.45. The van der Waals surface area contributed by atoms with Gasteiger partial charge in [-0.3, -0.25) is 4.79 Å². The van der Waals surface area contributed by atoms with Gasteiger partial charge in [0.25, 0.3) is 0 Å². The zero-order valence-electron chi connectivity index (χ0n) is 12.4. The molecular weight excluding hydrogens is 253 g/mol. The number of carbonyl (C=O) groups is 1. The lowest BCUT2D eigenvalue weighted by Crippen LogP contribution is -2.36. The maximum absolute atomic E-state index is 13.5.